The Labute approximate surface area is 101 Å². The van der Waals surface area contributed by atoms with Crippen LogP contribution in [0.15, 0.2) is 24.3 Å². The summed E-state index contributed by atoms with van der Waals surface area (Å²) in [6, 6.07) is 8.91. The lowest BCUT2D eigenvalue weighted by Gasteiger charge is -2.08. The number of nitrogens with two attached hydrogens (primary N) is 1. The van der Waals surface area contributed by atoms with Crippen LogP contribution < -0.4 is 11.1 Å². The Kier molecular flexibility index (Phi) is 5.18. The van der Waals surface area contributed by atoms with Crippen molar-refractivity contribution in [3.05, 3.63) is 29.8 Å². The second-order valence-corrected chi connectivity index (χ2v) is 4.12. The van der Waals surface area contributed by atoms with Crippen molar-refractivity contribution in [1.82, 2.24) is 0 Å². The number of carbonyl (C=O) groups is 1. The smallest absolute Gasteiger partial charge is 0.224 e. The van der Waals surface area contributed by atoms with Gasteiger partial charge in [-0.2, -0.15) is 5.26 Å². The van der Waals surface area contributed by atoms with Crippen LogP contribution in [0.1, 0.15) is 25.3 Å². The highest BCUT2D eigenvalue weighted by Gasteiger charge is 2.06. The molecule has 0 aliphatic carbocycles. The Morgan fingerprint density at radius 3 is 3.00 bits per heavy atom. The quantitative estimate of drug-likeness (QED) is 0.812. The molecule has 0 saturated heterocycles. The van der Waals surface area contributed by atoms with Crippen molar-refractivity contribution >= 4 is 11.6 Å². The average Bonchev–Trinajstić information content (AvgIpc) is 2.36. The predicted octanol–water partition coefficient (Wildman–Crippen LogP) is 1.87. The first kappa shape index (κ1) is 13.2. The standard InChI is InChI=1S/C13H17N3O/c1-10(8-14)5-6-13(17)16-12-4-2-3-11(7-12)9-15/h2-4,7,10H,5-6,8,14H2,1H3,(H,16,17). The van der Waals surface area contributed by atoms with E-state index in [-0.39, 0.29) is 5.91 Å². The Bertz CT molecular complexity index is 423. The SMILES string of the molecule is CC(CN)CCC(=O)Nc1cccc(C#N)c1. The third-order valence-electron chi connectivity index (χ3n) is 2.54. The van der Waals surface area contributed by atoms with Gasteiger partial charge in [0.25, 0.3) is 0 Å². The topological polar surface area (TPSA) is 78.9 Å². The fourth-order valence-electron chi connectivity index (χ4n) is 1.39. The zero-order valence-corrected chi connectivity index (χ0v) is 9.94. The molecule has 0 fully saturated rings. The summed E-state index contributed by atoms with van der Waals surface area (Å²) in [5.74, 6) is 0.312. The van der Waals surface area contributed by atoms with Crippen molar-refractivity contribution < 1.29 is 4.79 Å². The number of nitriles is 1. The summed E-state index contributed by atoms with van der Waals surface area (Å²) >= 11 is 0. The minimum Gasteiger partial charge on any atom is -0.330 e. The number of rotatable bonds is 5. The van der Waals surface area contributed by atoms with Crippen LogP contribution >= 0.6 is 0 Å². The number of hydrogen-bond acceptors (Lipinski definition) is 3. The molecule has 4 heteroatoms. The Hall–Kier alpha value is -1.86. The van der Waals surface area contributed by atoms with Gasteiger partial charge in [-0.3, -0.25) is 4.79 Å². The van der Waals surface area contributed by atoms with E-state index in [9.17, 15) is 4.79 Å². The van der Waals surface area contributed by atoms with E-state index in [2.05, 4.69) is 5.32 Å². The number of hydrogen-bond donors (Lipinski definition) is 2. The monoisotopic (exact) mass is 231 g/mol. The third-order valence-corrected chi connectivity index (χ3v) is 2.54. The predicted molar refractivity (Wildman–Crippen MR) is 67.2 cm³/mol. The molecule has 1 rings (SSSR count). The first-order valence-corrected chi connectivity index (χ1v) is 5.65. The van der Waals surface area contributed by atoms with Crippen LogP contribution in [0.5, 0.6) is 0 Å². The van der Waals surface area contributed by atoms with Gasteiger partial charge < -0.3 is 11.1 Å². The van der Waals surface area contributed by atoms with E-state index < -0.39 is 0 Å². The van der Waals surface area contributed by atoms with Gasteiger partial charge in [-0.05, 0) is 37.1 Å². The molecule has 90 valence electrons. The van der Waals surface area contributed by atoms with Gasteiger partial charge in [0, 0.05) is 12.1 Å². The summed E-state index contributed by atoms with van der Waals surface area (Å²) in [6.45, 7) is 2.61. The molecule has 0 heterocycles. The summed E-state index contributed by atoms with van der Waals surface area (Å²) < 4.78 is 0. The highest BCUT2D eigenvalue weighted by molar-refractivity contribution is 5.90. The van der Waals surface area contributed by atoms with Crippen molar-refractivity contribution in [3.8, 4) is 6.07 Å². The molecule has 1 aromatic carbocycles. The van der Waals surface area contributed by atoms with Crippen molar-refractivity contribution in [3.63, 3.8) is 0 Å². The van der Waals surface area contributed by atoms with Crippen LogP contribution in [0.2, 0.25) is 0 Å². The summed E-state index contributed by atoms with van der Waals surface area (Å²) in [5, 5.41) is 11.5. The minimum atomic E-state index is -0.0413. The van der Waals surface area contributed by atoms with E-state index in [1.807, 2.05) is 13.0 Å². The molecule has 1 aromatic rings. The minimum absolute atomic E-state index is 0.0413. The van der Waals surface area contributed by atoms with Crippen molar-refractivity contribution in [2.75, 3.05) is 11.9 Å². The largest absolute Gasteiger partial charge is 0.330 e. The molecule has 0 aromatic heterocycles. The fraction of sp³-hybridized carbons (Fsp3) is 0.385. The molecule has 0 aliphatic heterocycles. The van der Waals surface area contributed by atoms with Gasteiger partial charge in [-0.25, -0.2) is 0 Å². The average molecular weight is 231 g/mol. The summed E-state index contributed by atoms with van der Waals surface area (Å²) in [7, 11) is 0. The van der Waals surface area contributed by atoms with E-state index in [4.69, 9.17) is 11.0 Å². The van der Waals surface area contributed by atoms with Gasteiger partial charge in [-0.1, -0.05) is 13.0 Å². The number of nitrogens with zero attached hydrogens (tertiary/aromatic N) is 1. The molecule has 1 unspecified atom stereocenters. The number of anilines is 1. The van der Waals surface area contributed by atoms with E-state index in [0.29, 0.717) is 30.1 Å². The highest BCUT2D eigenvalue weighted by Crippen LogP contribution is 2.11. The Morgan fingerprint density at radius 2 is 2.35 bits per heavy atom. The summed E-state index contributed by atoms with van der Waals surface area (Å²) in [5.41, 5.74) is 6.68. The second-order valence-electron chi connectivity index (χ2n) is 4.12. The van der Waals surface area contributed by atoms with Crippen LogP contribution in [0.4, 0.5) is 5.69 Å². The molecular weight excluding hydrogens is 214 g/mol. The number of benzene rings is 1. The number of carbonyl (C=O) groups excluding carboxylic acids is 1. The lowest BCUT2D eigenvalue weighted by Crippen LogP contribution is -2.16. The van der Waals surface area contributed by atoms with Crippen LogP contribution in [0.25, 0.3) is 0 Å². The first-order valence-electron chi connectivity index (χ1n) is 5.65. The van der Waals surface area contributed by atoms with Gasteiger partial charge >= 0.3 is 0 Å². The Morgan fingerprint density at radius 1 is 1.59 bits per heavy atom. The third kappa shape index (κ3) is 4.66. The van der Waals surface area contributed by atoms with Gasteiger partial charge in [-0.15, -0.1) is 0 Å². The van der Waals surface area contributed by atoms with E-state index in [1.54, 1.807) is 24.3 Å². The van der Waals surface area contributed by atoms with E-state index in [0.717, 1.165) is 6.42 Å². The Balaban J connectivity index is 2.48. The molecule has 0 saturated carbocycles. The maximum atomic E-state index is 11.6. The van der Waals surface area contributed by atoms with Crippen LogP contribution in [-0.4, -0.2) is 12.5 Å². The van der Waals surface area contributed by atoms with Crippen LogP contribution in [0.3, 0.4) is 0 Å². The molecule has 0 bridgehead atoms. The van der Waals surface area contributed by atoms with Gasteiger partial charge in [0.05, 0.1) is 11.6 Å². The van der Waals surface area contributed by atoms with Crippen molar-refractivity contribution in [2.45, 2.75) is 19.8 Å². The molecule has 1 atom stereocenters. The molecule has 17 heavy (non-hydrogen) atoms. The zero-order chi connectivity index (χ0) is 12.7. The van der Waals surface area contributed by atoms with Gasteiger partial charge in [0.2, 0.25) is 5.91 Å². The maximum absolute atomic E-state index is 11.6. The lowest BCUT2D eigenvalue weighted by molar-refractivity contribution is -0.116. The summed E-state index contributed by atoms with van der Waals surface area (Å²) in [6.07, 6.45) is 1.23. The van der Waals surface area contributed by atoms with Gasteiger partial charge in [0.15, 0.2) is 0 Å². The van der Waals surface area contributed by atoms with Crippen LogP contribution in [0, 0.1) is 17.2 Å². The molecule has 4 nitrogen and oxygen atoms in total. The normalized spacial score (nSPS) is 11.6. The molecular formula is C13H17N3O. The van der Waals surface area contributed by atoms with E-state index in [1.165, 1.54) is 0 Å². The first-order chi connectivity index (χ1) is 8.15. The highest BCUT2D eigenvalue weighted by atomic mass is 16.1. The molecule has 3 N–H and O–H groups in total. The molecule has 0 radical (unpaired) electrons. The second kappa shape index (κ2) is 6.66. The molecule has 0 aliphatic rings. The van der Waals surface area contributed by atoms with Crippen LogP contribution in [-0.2, 0) is 4.79 Å². The van der Waals surface area contributed by atoms with Gasteiger partial charge in [0.1, 0.15) is 0 Å². The van der Waals surface area contributed by atoms with Crippen molar-refractivity contribution in [1.29, 1.82) is 5.26 Å². The lowest BCUT2D eigenvalue weighted by atomic mass is 10.1. The van der Waals surface area contributed by atoms with E-state index >= 15 is 0 Å². The van der Waals surface area contributed by atoms with Crippen molar-refractivity contribution in [2.24, 2.45) is 11.7 Å². The number of nitrogens with one attached hydrogen (secondary N) is 1. The molecule has 1 amide bonds. The fourth-order valence-corrected chi connectivity index (χ4v) is 1.39. The zero-order valence-electron chi connectivity index (χ0n) is 9.94. The number of amides is 1. The maximum Gasteiger partial charge on any atom is 0.224 e. The molecule has 0 spiro atoms. The summed E-state index contributed by atoms with van der Waals surface area (Å²) in [4.78, 5) is 11.6.